The molecule has 198 valence electrons. The topological polar surface area (TPSA) is 97.3 Å². The maximum Gasteiger partial charge on any atom is 0.317 e. The minimum Gasteiger partial charge on any atom is -0.491 e. The predicted octanol–water partition coefficient (Wildman–Crippen LogP) is 4.54. The summed E-state index contributed by atoms with van der Waals surface area (Å²) in [7, 11) is 0. The highest BCUT2D eigenvalue weighted by molar-refractivity contribution is 5.78. The summed E-state index contributed by atoms with van der Waals surface area (Å²) in [5, 5.41) is 13.1. The Balaban J connectivity index is 1.60. The van der Waals surface area contributed by atoms with E-state index < -0.39 is 11.5 Å². The van der Waals surface area contributed by atoms with Crippen molar-refractivity contribution in [2.24, 2.45) is 5.41 Å². The van der Waals surface area contributed by atoms with E-state index in [-0.39, 0.29) is 18.6 Å². The molecule has 0 saturated carbocycles. The van der Waals surface area contributed by atoms with Crippen LogP contribution < -0.4 is 14.8 Å². The van der Waals surface area contributed by atoms with Gasteiger partial charge >= 0.3 is 12.0 Å². The van der Waals surface area contributed by atoms with Crippen LogP contribution in [0.3, 0.4) is 0 Å². The Kier molecular flexibility index (Phi) is 12.9. The number of aliphatic hydroxyl groups excluding tert-OH is 1. The monoisotopic (exact) mass is 492 g/mol. The van der Waals surface area contributed by atoms with Gasteiger partial charge in [0.15, 0.2) is 0 Å². The quantitative estimate of drug-likeness (QED) is 0.212. The van der Waals surface area contributed by atoms with Gasteiger partial charge in [-0.1, -0.05) is 32.6 Å². The molecule has 0 spiro atoms. The first-order chi connectivity index (χ1) is 16.8. The van der Waals surface area contributed by atoms with Gasteiger partial charge < -0.3 is 29.5 Å². The Labute approximate surface area is 210 Å². The van der Waals surface area contributed by atoms with Crippen LogP contribution in [-0.4, -0.2) is 67.6 Å². The number of urea groups is 1. The standard InChI is InChI=1S/C27H44N2O6/c1-4-5-6-8-15-27(2,3)25(31)35-24-13-11-23(12-14-24)34-21-22(30)10-7-9-16-28-26(32)29-17-19-33-20-18-29/h11-14,22,30H,4-10,15-21H2,1-3H3,(H,28,32)/t22-/m0/s1. The maximum absolute atomic E-state index is 12.5. The highest BCUT2D eigenvalue weighted by atomic mass is 16.5. The molecule has 1 aromatic carbocycles. The zero-order valence-electron chi connectivity index (χ0n) is 21.7. The number of nitrogens with zero attached hydrogens (tertiary/aromatic N) is 1. The lowest BCUT2D eigenvalue weighted by Gasteiger charge is -2.26. The van der Waals surface area contributed by atoms with Crippen molar-refractivity contribution in [2.75, 3.05) is 39.5 Å². The van der Waals surface area contributed by atoms with Crippen molar-refractivity contribution in [3.63, 3.8) is 0 Å². The Morgan fingerprint density at radius 3 is 2.43 bits per heavy atom. The number of esters is 1. The molecule has 1 heterocycles. The molecule has 1 aliphatic rings. The highest BCUT2D eigenvalue weighted by Gasteiger charge is 2.29. The molecule has 0 bridgehead atoms. The molecule has 2 N–H and O–H groups in total. The van der Waals surface area contributed by atoms with Crippen LogP contribution in [0.25, 0.3) is 0 Å². The van der Waals surface area contributed by atoms with Crippen LogP contribution in [0.4, 0.5) is 4.79 Å². The summed E-state index contributed by atoms with van der Waals surface area (Å²) < 4.78 is 16.5. The number of ether oxygens (including phenoxy) is 3. The van der Waals surface area contributed by atoms with Gasteiger partial charge in [-0.2, -0.15) is 0 Å². The fourth-order valence-corrected chi connectivity index (χ4v) is 3.80. The van der Waals surface area contributed by atoms with Crippen LogP contribution in [0.5, 0.6) is 11.5 Å². The van der Waals surface area contributed by atoms with Crippen molar-refractivity contribution in [3.8, 4) is 11.5 Å². The first-order valence-electron chi connectivity index (χ1n) is 13.1. The molecule has 0 aromatic heterocycles. The van der Waals surface area contributed by atoms with Crippen molar-refractivity contribution in [1.82, 2.24) is 10.2 Å². The van der Waals surface area contributed by atoms with Crippen LogP contribution in [0.1, 0.15) is 72.1 Å². The van der Waals surface area contributed by atoms with Crippen molar-refractivity contribution in [3.05, 3.63) is 24.3 Å². The molecule has 8 nitrogen and oxygen atoms in total. The molecular weight excluding hydrogens is 448 g/mol. The summed E-state index contributed by atoms with van der Waals surface area (Å²) in [4.78, 5) is 26.3. The number of hydrogen-bond acceptors (Lipinski definition) is 6. The van der Waals surface area contributed by atoms with Gasteiger partial charge in [0.25, 0.3) is 0 Å². The summed E-state index contributed by atoms with van der Waals surface area (Å²) in [6, 6.07) is 6.85. The third-order valence-corrected chi connectivity index (χ3v) is 6.22. The number of carbonyl (C=O) groups is 2. The van der Waals surface area contributed by atoms with E-state index >= 15 is 0 Å². The van der Waals surface area contributed by atoms with E-state index in [4.69, 9.17) is 14.2 Å². The number of hydrogen-bond donors (Lipinski definition) is 2. The lowest BCUT2D eigenvalue weighted by atomic mass is 9.87. The molecule has 0 unspecified atom stereocenters. The molecule has 1 aliphatic heterocycles. The number of nitrogens with one attached hydrogen (secondary N) is 1. The van der Waals surface area contributed by atoms with Gasteiger partial charge in [-0.05, 0) is 63.8 Å². The van der Waals surface area contributed by atoms with E-state index in [9.17, 15) is 14.7 Å². The van der Waals surface area contributed by atoms with Gasteiger partial charge in [0, 0.05) is 19.6 Å². The average molecular weight is 493 g/mol. The van der Waals surface area contributed by atoms with Crippen molar-refractivity contribution >= 4 is 12.0 Å². The van der Waals surface area contributed by atoms with Gasteiger partial charge in [0.1, 0.15) is 18.1 Å². The van der Waals surface area contributed by atoms with Gasteiger partial charge in [0.05, 0.1) is 24.7 Å². The van der Waals surface area contributed by atoms with E-state index in [0.717, 1.165) is 32.1 Å². The van der Waals surface area contributed by atoms with Crippen LogP contribution >= 0.6 is 0 Å². The second kappa shape index (κ2) is 15.6. The molecule has 1 fully saturated rings. The zero-order valence-corrected chi connectivity index (χ0v) is 21.7. The number of carbonyl (C=O) groups excluding carboxylic acids is 2. The zero-order chi connectivity index (χ0) is 25.5. The molecule has 1 saturated heterocycles. The van der Waals surface area contributed by atoms with Crippen molar-refractivity contribution < 1.29 is 28.9 Å². The second-order valence-corrected chi connectivity index (χ2v) is 9.85. The highest BCUT2D eigenvalue weighted by Crippen LogP contribution is 2.27. The SMILES string of the molecule is CCCCCCC(C)(C)C(=O)Oc1ccc(OC[C@@H](O)CCCCNC(=O)N2CCOCC2)cc1. The molecule has 0 aliphatic carbocycles. The Morgan fingerprint density at radius 2 is 1.74 bits per heavy atom. The first-order valence-corrected chi connectivity index (χ1v) is 13.1. The summed E-state index contributed by atoms with van der Waals surface area (Å²) >= 11 is 0. The molecule has 2 amide bonds. The number of rotatable bonds is 15. The van der Waals surface area contributed by atoms with E-state index in [2.05, 4.69) is 12.2 Å². The molecule has 0 radical (unpaired) electrons. The second-order valence-electron chi connectivity index (χ2n) is 9.85. The minimum absolute atomic E-state index is 0.0538. The lowest BCUT2D eigenvalue weighted by Crippen LogP contribution is -2.46. The average Bonchev–Trinajstić information content (AvgIpc) is 2.86. The largest absolute Gasteiger partial charge is 0.491 e. The molecule has 35 heavy (non-hydrogen) atoms. The van der Waals surface area contributed by atoms with Gasteiger partial charge in [-0.15, -0.1) is 0 Å². The van der Waals surface area contributed by atoms with Crippen LogP contribution in [0, 0.1) is 5.41 Å². The molecule has 1 aromatic rings. The minimum atomic E-state index is -0.587. The normalized spacial score (nSPS) is 14.9. The number of aliphatic hydroxyl groups is 1. The van der Waals surface area contributed by atoms with Crippen LogP contribution in [0.15, 0.2) is 24.3 Å². The van der Waals surface area contributed by atoms with Crippen LogP contribution in [0.2, 0.25) is 0 Å². The summed E-state index contributed by atoms with van der Waals surface area (Å²) in [6.07, 6.45) is 6.92. The van der Waals surface area contributed by atoms with Gasteiger partial charge in [-0.25, -0.2) is 4.79 Å². The third kappa shape index (κ3) is 11.3. The molecule has 8 heteroatoms. The predicted molar refractivity (Wildman–Crippen MR) is 136 cm³/mol. The number of unbranched alkanes of at least 4 members (excludes halogenated alkanes) is 4. The molecule has 2 rings (SSSR count). The summed E-state index contributed by atoms with van der Waals surface area (Å²) in [5.74, 6) is 0.878. The first kappa shape index (κ1) is 28.9. The fourth-order valence-electron chi connectivity index (χ4n) is 3.80. The Morgan fingerprint density at radius 1 is 1.06 bits per heavy atom. The van der Waals surface area contributed by atoms with Crippen molar-refractivity contribution in [2.45, 2.75) is 78.2 Å². The maximum atomic E-state index is 12.5. The summed E-state index contributed by atoms with van der Waals surface area (Å²) in [5.41, 5.74) is -0.516. The molecule has 1 atom stereocenters. The van der Waals surface area contributed by atoms with E-state index in [1.807, 2.05) is 13.8 Å². The smallest absolute Gasteiger partial charge is 0.317 e. The molecular formula is C27H44N2O6. The lowest BCUT2D eigenvalue weighted by molar-refractivity contribution is -0.144. The Bertz CT molecular complexity index is 747. The Hall–Kier alpha value is -2.32. The third-order valence-electron chi connectivity index (χ3n) is 6.22. The van der Waals surface area contributed by atoms with Crippen LogP contribution in [-0.2, 0) is 9.53 Å². The van der Waals surface area contributed by atoms with E-state index in [1.165, 1.54) is 12.8 Å². The fraction of sp³-hybridized carbons (Fsp3) is 0.704. The number of amides is 2. The summed E-state index contributed by atoms with van der Waals surface area (Å²) in [6.45, 7) is 9.23. The van der Waals surface area contributed by atoms with E-state index in [1.54, 1.807) is 29.2 Å². The van der Waals surface area contributed by atoms with Gasteiger partial charge in [0.2, 0.25) is 0 Å². The van der Waals surface area contributed by atoms with E-state index in [0.29, 0.717) is 50.8 Å². The number of morpholine rings is 1. The van der Waals surface area contributed by atoms with Crippen molar-refractivity contribution in [1.29, 1.82) is 0 Å². The number of benzene rings is 1. The van der Waals surface area contributed by atoms with Gasteiger partial charge in [-0.3, -0.25) is 4.79 Å².